The summed E-state index contributed by atoms with van der Waals surface area (Å²) in [7, 11) is 0. The molecule has 2 aromatic carbocycles. The second kappa shape index (κ2) is 8.53. The first-order valence-corrected chi connectivity index (χ1v) is 10.3. The predicted octanol–water partition coefficient (Wildman–Crippen LogP) is 1.47. The van der Waals surface area contributed by atoms with Gasteiger partial charge in [-0.25, -0.2) is 0 Å². The third-order valence-electron chi connectivity index (χ3n) is 6.13. The van der Waals surface area contributed by atoms with Crippen LogP contribution in [-0.4, -0.2) is 64.6 Å². The number of fused-ring (bicyclic) bond motifs is 1. The molecule has 2 heterocycles. The van der Waals surface area contributed by atoms with Crippen LogP contribution in [0.2, 0.25) is 0 Å². The van der Waals surface area contributed by atoms with E-state index < -0.39 is 37.1 Å². The number of ether oxygens (including phenoxy) is 2. The highest BCUT2D eigenvalue weighted by molar-refractivity contribution is 5.62. The molecule has 30 heavy (non-hydrogen) atoms. The molecule has 4 rings (SSSR count). The van der Waals surface area contributed by atoms with Gasteiger partial charge in [0.25, 0.3) is 0 Å². The van der Waals surface area contributed by atoms with Gasteiger partial charge in [-0.1, -0.05) is 35.9 Å². The zero-order valence-electron chi connectivity index (χ0n) is 17.2. The minimum absolute atomic E-state index is 0.159. The van der Waals surface area contributed by atoms with E-state index in [1.165, 1.54) is 11.1 Å². The van der Waals surface area contributed by atoms with Crippen LogP contribution in [0.5, 0.6) is 5.75 Å². The number of aliphatic hydroxyl groups excluding tert-OH is 4. The Bertz CT molecular complexity index is 870. The summed E-state index contributed by atoms with van der Waals surface area (Å²) in [6.45, 7) is 5.05. The highest BCUT2D eigenvalue weighted by Gasteiger charge is 2.44. The summed E-state index contributed by atoms with van der Waals surface area (Å²) in [6, 6.07) is 14.2. The Kier molecular flexibility index (Phi) is 5.99. The quantitative estimate of drug-likeness (QED) is 0.600. The maximum Gasteiger partial charge on any atom is 0.143 e. The molecular weight excluding hydrogens is 386 g/mol. The fourth-order valence-electron chi connectivity index (χ4n) is 4.24. The second-order valence-corrected chi connectivity index (χ2v) is 8.11. The van der Waals surface area contributed by atoms with E-state index in [2.05, 4.69) is 43.0 Å². The second-order valence-electron chi connectivity index (χ2n) is 8.11. The summed E-state index contributed by atoms with van der Waals surface area (Å²) in [5, 5.41) is 40.0. The van der Waals surface area contributed by atoms with Gasteiger partial charge in [-0.2, -0.15) is 0 Å². The largest absolute Gasteiger partial charge is 0.490 e. The molecule has 2 aromatic rings. The van der Waals surface area contributed by atoms with E-state index in [1.807, 2.05) is 12.1 Å². The minimum Gasteiger partial charge on any atom is -0.490 e. The normalized spacial score (nSPS) is 29.8. The fourth-order valence-corrected chi connectivity index (χ4v) is 4.24. The molecule has 4 N–H and O–H groups in total. The van der Waals surface area contributed by atoms with Gasteiger partial charge in [0.2, 0.25) is 0 Å². The van der Waals surface area contributed by atoms with E-state index in [-0.39, 0.29) is 6.04 Å². The van der Waals surface area contributed by atoms with Crippen molar-refractivity contribution in [1.29, 1.82) is 0 Å². The summed E-state index contributed by atoms with van der Waals surface area (Å²) in [5.41, 5.74) is 4.00. The molecule has 2 aliphatic rings. The van der Waals surface area contributed by atoms with Crippen LogP contribution in [0.15, 0.2) is 42.5 Å². The molecule has 0 saturated carbocycles. The molecule has 1 saturated heterocycles. The molecule has 0 radical (unpaired) electrons. The van der Waals surface area contributed by atoms with Crippen molar-refractivity contribution < 1.29 is 29.9 Å². The van der Waals surface area contributed by atoms with E-state index in [9.17, 15) is 20.4 Å². The van der Waals surface area contributed by atoms with Crippen LogP contribution < -0.4 is 9.64 Å². The van der Waals surface area contributed by atoms with Crippen LogP contribution in [0.25, 0.3) is 0 Å². The molecular formula is C23H29NO6. The Morgan fingerprint density at radius 2 is 1.77 bits per heavy atom. The summed E-state index contributed by atoms with van der Waals surface area (Å²) in [6.07, 6.45) is -5.91. The molecule has 0 amide bonds. The number of rotatable bonds is 4. The zero-order chi connectivity index (χ0) is 21.4. The lowest BCUT2D eigenvalue weighted by Crippen LogP contribution is -2.55. The predicted molar refractivity (Wildman–Crippen MR) is 112 cm³/mol. The van der Waals surface area contributed by atoms with Crippen molar-refractivity contribution in [3.63, 3.8) is 0 Å². The van der Waals surface area contributed by atoms with Crippen molar-refractivity contribution in [1.82, 2.24) is 0 Å². The van der Waals surface area contributed by atoms with E-state index in [1.54, 1.807) is 6.07 Å². The highest BCUT2D eigenvalue weighted by atomic mass is 16.5. The third kappa shape index (κ3) is 3.79. The molecule has 0 aliphatic carbocycles. The Morgan fingerprint density at radius 1 is 1.03 bits per heavy atom. The number of aryl methyl sites for hydroxylation is 1. The Hall–Kier alpha value is -2.16. The van der Waals surface area contributed by atoms with Gasteiger partial charge in [0, 0.05) is 0 Å². The molecule has 6 atom stereocenters. The van der Waals surface area contributed by atoms with Gasteiger partial charge in [0.15, 0.2) is 0 Å². The van der Waals surface area contributed by atoms with Gasteiger partial charge in [-0.15, -0.1) is 0 Å². The third-order valence-corrected chi connectivity index (χ3v) is 6.13. The molecule has 7 heteroatoms. The van der Waals surface area contributed by atoms with Gasteiger partial charge in [0.05, 0.1) is 24.9 Å². The summed E-state index contributed by atoms with van der Waals surface area (Å²) >= 11 is 0. The van der Waals surface area contributed by atoms with Crippen LogP contribution in [0.4, 0.5) is 5.69 Å². The Balaban J connectivity index is 1.61. The van der Waals surface area contributed by atoms with Crippen molar-refractivity contribution in [2.75, 3.05) is 24.7 Å². The van der Waals surface area contributed by atoms with Gasteiger partial charge in [-0.05, 0) is 37.1 Å². The van der Waals surface area contributed by atoms with Crippen LogP contribution in [-0.2, 0) is 4.74 Å². The molecule has 7 nitrogen and oxygen atoms in total. The summed E-state index contributed by atoms with van der Waals surface area (Å²) in [5.74, 6) is 0.676. The Morgan fingerprint density at radius 3 is 2.47 bits per heavy atom. The maximum absolute atomic E-state index is 10.4. The molecule has 0 bridgehead atoms. The van der Waals surface area contributed by atoms with E-state index in [4.69, 9.17) is 9.47 Å². The van der Waals surface area contributed by atoms with Crippen molar-refractivity contribution in [2.24, 2.45) is 0 Å². The lowest BCUT2D eigenvalue weighted by atomic mass is 9.91. The van der Waals surface area contributed by atoms with Crippen molar-refractivity contribution >= 4 is 5.69 Å². The SMILES string of the molecule is Cc1ccc(C(C)N2CCOc3cc([C@@H]4O[C@H](CO)[C@@H](O)[C@H](O)[C@H]4O)ccc32)cc1. The van der Waals surface area contributed by atoms with Gasteiger partial charge < -0.3 is 34.8 Å². The minimum atomic E-state index is -1.41. The van der Waals surface area contributed by atoms with Crippen LogP contribution in [0.3, 0.4) is 0 Å². The van der Waals surface area contributed by atoms with Crippen LogP contribution in [0, 0.1) is 6.92 Å². The average molecular weight is 415 g/mol. The number of aliphatic hydroxyl groups is 4. The Labute approximate surface area is 176 Å². The first-order valence-electron chi connectivity index (χ1n) is 10.3. The molecule has 0 spiro atoms. The molecule has 1 fully saturated rings. The maximum atomic E-state index is 10.4. The zero-order valence-corrected chi connectivity index (χ0v) is 17.2. The lowest BCUT2D eigenvalue weighted by Gasteiger charge is -2.41. The van der Waals surface area contributed by atoms with Crippen molar-refractivity contribution in [3.05, 3.63) is 59.2 Å². The average Bonchev–Trinajstić information content (AvgIpc) is 2.77. The number of hydrogen-bond donors (Lipinski definition) is 4. The topological polar surface area (TPSA) is 103 Å². The summed E-state index contributed by atoms with van der Waals surface area (Å²) in [4.78, 5) is 2.28. The van der Waals surface area contributed by atoms with Crippen LogP contribution in [0.1, 0.15) is 35.8 Å². The monoisotopic (exact) mass is 415 g/mol. The standard InChI is InChI=1S/C23H29NO6/c1-13-3-5-15(6-4-13)14(2)24-9-10-29-18-11-16(7-8-17(18)24)23-22(28)21(27)20(26)19(12-25)30-23/h3-8,11,14,19-23,25-28H,9-10,12H2,1-2H3/t14?,19-,20-,21+,22-,23+/m1/s1. The fraction of sp³-hybridized carbons (Fsp3) is 0.478. The van der Waals surface area contributed by atoms with Gasteiger partial charge in [-0.3, -0.25) is 0 Å². The number of nitrogens with zero attached hydrogens (tertiary/aromatic N) is 1. The first kappa shape index (κ1) is 21.1. The van der Waals surface area contributed by atoms with Crippen LogP contribution >= 0.6 is 0 Å². The number of hydrogen-bond acceptors (Lipinski definition) is 7. The highest BCUT2D eigenvalue weighted by Crippen LogP contribution is 2.41. The summed E-state index contributed by atoms with van der Waals surface area (Å²) < 4.78 is 11.6. The van der Waals surface area contributed by atoms with Crippen molar-refractivity contribution in [2.45, 2.75) is 50.4 Å². The number of anilines is 1. The van der Waals surface area contributed by atoms with E-state index in [0.29, 0.717) is 17.9 Å². The molecule has 162 valence electrons. The van der Waals surface area contributed by atoms with Gasteiger partial charge in [0.1, 0.15) is 42.9 Å². The first-order chi connectivity index (χ1) is 14.4. The van der Waals surface area contributed by atoms with Crippen molar-refractivity contribution in [3.8, 4) is 5.75 Å². The smallest absolute Gasteiger partial charge is 0.143 e. The van der Waals surface area contributed by atoms with E-state index >= 15 is 0 Å². The van der Waals surface area contributed by atoms with E-state index in [0.717, 1.165) is 12.2 Å². The number of benzene rings is 2. The molecule has 2 aliphatic heterocycles. The van der Waals surface area contributed by atoms with Gasteiger partial charge >= 0.3 is 0 Å². The molecule has 1 unspecified atom stereocenters. The molecule has 0 aromatic heterocycles. The lowest BCUT2D eigenvalue weighted by molar-refractivity contribution is -0.231.